The zero-order valence-electron chi connectivity index (χ0n) is 20.6. The van der Waals surface area contributed by atoms with E-state index in [1.807, 2.05) is 6.07 Å². The number of piperidine rings is 1. The fourth-order valence-electron chi connectivity index (χ4n) is 4.78. The van der Waals surface area contributed by atoms with Gasteiger partial charge < -0.3 is 20.3 Å². The number of nitro benzene ring substituents is 1. The van der Waals surface area contributed by atoms with Crippen LogP contribution in [0.5, 0.6) is 0 Å². The monoisotopic (exact) mass is 502 g/mol. The first-order chi connectivity index (χ1) is 18.1. The number of benzene rings is 2. The van der Waals surface area contributed by atoms with Crippen LogP contribution in [0.15, 0.2) is 48.7 Å². The maximum absolute atomic E-state index is 12.6. The molecule has 1 saturated heterocycles. The van der Waals surface area contributed by atoms with Crippen molar-refractivity contribution in [3.05, 3.63) is 69.9 Å². The van der Waals surface area contributed by atoms with Crippen molar-refractivity contribution in [1.29, 1.82) is 0 Å². The second-order valence-electron chi connectivity index (χ2n) is 9.29. The number of rotatable bonds is 2. The number of carbonyl (C=O) groups is 1. The van der Waals surface area contributed by atoms with Gasteiger partial charge in [-0.3, -0.25) is 14.9 Å². The number of amides is 1. The number of ether oxygens (including phenoxy) is 1. The molecule has 10 nitrogen and oxygen atoms in total. The third-order valence-electron chi connectivity index (χ3n) is 6.68. The van der Waals surface area contributed by atoms with E-state index in [1.165, 1.54) is 31.0 Å². The molecule has 2 aromatic carbocycles. The maximum Gasteiger partial charge on any atom is 0.279 e. The van der Waals surface area contributed by atoms with Crippen molar-refractivity contribution in [2.24, 2.45) is 0 Å². The SMILES string of the molecule is O=C1NCCCCOCc2cc(ccc2N2CCCCC2)Nc2nccc(n2)-c2ccc1cc2[N+](=O)[O-]. The molecule has 0 spiro atoms. The Kier molecular flexibility index (Phi) is 7.55. The summed E-state index contributed by atoms with van der Waals surface area (Å²) in [7, 11) is 0. The highest BCUT2D eigenvalue weighted by molar-refractivity contribution is 5.96. The number of nitro groups is 1. The first-order valence-electron chi connectivity index (χ1n) is 12.7. The van der Waals surface area contributed by atoms with Gasteiger partial charge in [-0.05, 0) is 68.5 Å². The van der Waals surface area contributed by atoms with Gasteiger partial charge in [-0.2, -0.15) is 0 Å². The summed E-state index contributed by atoms with van der Waals surface area (Å²) in [5.41, 5.74) is 3.83. The molecule has 2 N–H and O–H groups in total. The van der Waals surface area contributed by atoms with Gasteiger partial charge in [0, 0.05) is 61.0 Å². The number of fused-ring (bicyclic) bond motifs is 9. The molecule has 6 bridgehead atoms. The lowest BCUT2D eigenvalue weighted by molar-refractivity contribution is -0.384. The van der Waals surface area contributed by atoms with Crippen LogP contribution in [0.1, 0.15) is 48.0 Å². The molecular formula is C27H30N6O4. The average molecular weight is 503 g/mol. The fourth-order valence-corrected chi connectivity index (χ4v) is 4.78. The van der Waals surface area contributed by atoms with Crippen molar-refractivity contribution in [2.75, 3.05) is 36.5 Å². The number of carbonyl (C=O) groups excluding carboxylic acids is 1. The second-order valence-corrected chi connectivity index (χ2v) is 9.29. The van der Waals surface area contributed by atoms with Crippen molar-refractivity contribution in [3.8, 4) is 11.3 Å². The van der Waals surface area contributed by atoms with Crippen molar-refractivity contribution in [1.82, 2.24) is 15.3 Å². The minimum Gasteiger partial charge on any atom is -0.377 e. The maximum atomic E-state index is 12.6. The summed E-state index contributed by atoms with van der Waals surface area (Å²) in [4.78, 5) is 35.2. The van der Waals surface area contributed by atoms with E-state index in [0.717, 1.165) is 37.2 Å². The van der Waals surface area contributed by atoms with Crippen molar-refractivity contribution in [3.63, 3.8) is 0 Å². The summed E-state index contributed by atoms with van der Waals surface area (Å²) in [6.07, 6.45) is 6.71. The van der Waals surface area contributed by atoms with Crippen LogP contribution < -0.4 is 15.5 Å². The molecule has 0 unspecified atom stereocenters. The summed E-state index contributed by atoms with van der Waals surface area (Å²) in [6.45, 7) is 3.57. The van der Waals surface area contributed by atoms with E-state index >= 15 is 0 Å². The lowest BCUT2D eigenvalue weighted by Gasteiger charge is -2.31. The Balaban J connectivity index is 1.51. The van der Waals surface area contributed by atoms with Crippen LogP contribution in [-0.2, 0) is 11.3 Å². The summed E-state index contributed by atoms with van der Waals surface area (Å²) >= 11 is 0. The normalized spacial score (nSPS) is 16.6. The Morgan fingerprint density at radius 3 is 2.70 bits per heavy atom. The lowest BCUT2D eigenvalue weighted by Crippen LogP contribution is -2.30. The number of anilines is 3. The lowest BCUT2D eigenvalue weighted by atomic mass is 10.1. The van der Waals surface area contributed by atoms with E-state index in [0.29, 0.717) is 37.0 Å². The predicted molar refractivity (Wildman–Crippen MR) is 141 cm³/mol. The van der Waals surface area contributed by atoms with Crippen LogP contribution in [0.25, 0.3) is 11.3 Å². The number of hydrogen-bond acceptors (Lipinski definition) is 8. The first-order valence-corrected chi connectivity index (χ1v) is 12.7. The second kappa shape index (κ2) is 11.3. The molecular weight excluding hydrogens is 472 g/mol. The van der Waals surface area contributed by atoms with Gasteiger partial charge in [0.05, 0.1) is 22.8 Å². The number of nitrogens with one attached hydrogen (secondary N) is 2. The third-order valence-corrected chi connectivity index (χ3v) is 6.68. The number of hydrogen-bond donors (Lipinski definition) is 2. The minimum absolute atomic E-state index is 0.184. The van der Waals surface area contributed by atoms with E-state index in [1.54, 1.807) is 24.4 Å². The Hall–Kier alpha value is -4.05. The molecule has 0 radical (unpaired) electrons. The van der Waals surface area contributed by atoms with Crippen LogP contribution in [-0.4, -0.2) is 47.0 Å². The molecule has 192 valence electrons. The Labute approximate surface area is 215 Å². The summed E-state index contributed by atoms with van der Waals surface area (Å²) < 4.78 is 6.03. The molecule has 0 aliphatic carbocycles. The average Bonchev–Trinajstić information content (AvgIpc) is 2.92. The minimum atomic E-state index is -0.493. The van der Waals surface area contributed by atoms with Gasteiger partial charge in [-0.25, -0.2) is 9.97 Å². The molecule has 0 atom stereocenters. The van der Waals surface area contributed by atoms with Crippen molar-refractivity contribution < 1.29 is 14.5 Å². The van der Waals surface area contributed by atoms with Gasteiger partial charge in [-0.15, -0.1) is 0 Å². The van der Waals surface area contributed by atoms with Gasteiger partial charge in [0.2, 0.25) is 5.95 Å². The molecule has 0 saturated carbocycles. The highest BCUT2D eigenvalue weighted by atomic mass is 16.6. The highest BCUT2D eigenvalue weighted by Gasteiger charge is 2.21. The Bertz CT molecular complexity index is 1290. The van der Waals surface area contributed by atoms with Crippen LogP contribution >= 0.6 is 0 Å². The third kappa shape index (κ3) is 5.86. The van der Waals surface area contributed by atoms with Gasteiger partial charge in [-0.1, -0.05) is 0 Å². The van der Waals surface area contributed by atoms with E-state index in [4.69, 9.17) is 4.74 Å². The standard InChI is InChI=1S/C27H30N6O4/c34-26-19-6-8-22(25(17-19)33(35)36)23-10-12-29-27(31-23)30-21-7-9-24(32-13-3-1-4-14-32)20(16-21)18-37-15-5-2-11-28-26/h6-10,12,16-17H,1-5,11,13-15,18H2,(H,28,34)(H,29,30,31). The quantitative estimate of drug-likeness (QED) is 0.378. The molecule has 6 rings (SSSR count). The van der Waals surface area contributed by atoms with E-state index < -0.39 is 4.92 Å². The molecule has 10 heteroatoms. The number of aromatic nitrogens is 2. The molecule has 37 heavy (non-hydrogen) atoms. The summed E-state index contributed by atoms with van der Waals surface area (Å²) in [5.74, 6) is -0.0233. The fraction of sp³-hybridized carbons (Fsp3) is 0.370. The van der Waals surface area contributed by atoms with Gasteiger partial charge in [0.1, 0.15) is 0 Å². The molecule has 3 aliphatic heterocycles. The van der Waals surface area contributed by atoms with Gasteiger partial charge >= 0.3 is 0 Å². The van der Waals surface area contributed by atoms with E-state index in [9.17, 15) is 14.9 Å². The zero-order valence-corrected chi connectivity index (χ0v) is 20.6. The predicted octanol–water partition coefficient (Wildman–Crippen LogP) is 4.83. The zero-order chi connectivity index (χ0) is 25.6. The van der Waals surface area contributed by atoms with E-state index in [2.05, 4.69) is 37.6 Å². The molecule has 1 fully saturated rings. The molecule has 1 aromatic heterocycles. The van der Waals surface area contributed by atoms with Crippen LogP contribution in [0.3, 0.4) is 0 Å². The van der Waals surface area contributed by atoms with E-state index in [-0.39, 0.29) is 17.2 Å². The highest BCUT2D eigenvalue weighted by Crippen LogP contribution is 2.32. The molecule has 1 amide bonds. The van der Waals surface area contributed by atoms with Crippen molar-refractivity contribution >= 4 is 28.9 Å². The Morgan fingerprint density at radius 2 is 1.86 bits per heavy atom. The van der Waals surface area contributed by atoms with Crippen LogP contribution in [0, 0.1) is 10.1 Å². The molecule has 3 aliphatic rings. The van der Waals surface area contributed by atoms with Crippen LogP contribution in [0.2, 0.25) is 0 Å². The summed E-state index contributed by atoms with van der Waals surface area (Å²) in [5, 5.41) is 17.9. The van der Waals surface area contributed by atoms with Crippen molar-refractivity contribution in [2.45, 2.75) is 38.7 Å². The van der Waals surface area contributed by atoms with Crippen LogP contribution in [0.4, 0.5) is 23.0 Å². The molecule has 3 aromatic rings. The topological polar surface area (TPSA) is 123 Å². The smallest absolute Gasteiger partial charge is 0.279 e. The molecule has 4 heterocycles. The summed E-state index contributed by atoms with van der Waals surface area (Å²) in [6, 6.07) is 12.2. The largest absolute Gasteiger partial charge is 0.377 e. The first kappa shape index (κ1) is 24.6. The Morgan fingerprint density at radius 1 is 1.00 bits per heavy atom. The van der Waals surface area contributed by atoms with Gasteiger partial charge in [0.25, 0.3) is 11.6 Å². The number of nitrogens with zero attached hydrogens (tertiary/aromatic N) is 4. The van der Waals surface area contributed by atoms with Gasteiger partial charge in [0.15, 0.2) is 0 Å².